The predicted molar refractivity (Wildman–Crippen MR) is 77.0 cm³/mol. The zero-order valence-electron chi connectivity index (χ0n) is 11.6. The average molecular weight is 296 g/mol. The largest absolute Gasteiger partial charge is 0.481 e. The second-order valence-corrected chi connectivity index (χ2v) is 5.74. The fraction of sp³-hybridized carbons (Fsp3) is 0.467. The number of rotatable bonds is 2. The molecule has 0 saturated carbocycles. The van der Waals surface area contributed by atoms with Crippen LogP contribution in [-0.2, 0) is 4.79 Å². The molecule has 1 aliphatic rings. The van der Waals surface area contributed by atoms with E-state index >= 15 is 0 Å². The van der Waals surface area contributed by atoms with Crippen LogP contribution in [0.5, 0.6) is 0 Å². The molecule has 1 saturated heterocycles. The van der Waals surface area contributed by atoms with Gasteiger partial charge in [0.2, 0.25) is 0 Å². The SMILES string of the molecule is Cc1c(Cl)cccc1C(=O)N1CC(C(=O)O)CCC1C. The van der Waals surface area contributed by atoms with Crippen LogP contribution < -0.4 is 0 Å². The van der Waals surface area contributed by atoms with Gasteiger partial charge < -0.3 is 10.0 Å². The molecule has 2 rings (SSSR count). The van der Waals surface area contributed by atoms with Crippen LogP contribution >= 0.6 is 11.6 Å². The van der Waals surface area contributed by atoms with Gasteiger partial charge in [0.25, 0.3) is 5.91 Å². The minimum absolute atomic E-state index is 0.0523. The van der Waals surface area contributed by atoms with Gasteiger partial charge in [-0.3, -0.25) is 9.59 Å². The summed E-state index contributed by atoms with van der Waals surface area (Å²) in [5.41, 5.74) is 1.29. The fourth-order valence-electron chi connectivity index (χ4n) is 2.59. The number of hydrogen-bond donors (Lipinski definition) is 1. The van der Waals surface area contributed by atoms with Crippen molar-refractivity contribution in [2.75, 3.05) is 6.54 Å². The lowest BCUT2D eigenvalue weighted by Crippen LogP contribution is -2.47. The first kappa shape index (κ1) is 14.9. The molecule has 20 heavy (non-hydrogen) atoms. The predicted octanol–water partition coefficient (Wildman–Crippen LogP) is 2.97. The van der Waals surface area contributed by atoms with Crippen LogP contribution in [0.2, 0.25) is 5.02 Å². The summed E-state index contributed by atoms with van der Waals surface area (Å²) in [6.45, 7) is 4.02. The van der Waals surface area contributed by atoms with Crippen molar-refractivity contribution >= 4 is 23.5 Å². The Morgan fingerprint density at radius 1 is 1.35 bits per heavy atom. The summed E-state index contributed by atoms with van der Waals surface area (Å²) in [6.07, 6.45) is 1.33. The number of aliphatic carboxylic acids is 1. The summed E-state index contributed by atoms with van der Waals surface area (Å²) >= 11 is 6.05. The molecule has 0 radical (unpaired) electrons. The first-order valence-corrected chi connectivity index (χ1v) is 7.08. The Balaban J connectivity index is 2.26. The van der Waals surface area contributed by atoms with Crippen LogP contribution in [0.1, 0.15) is 35.7 Å². The summed E-state index contributed by atoms with van der Waals surface area (Å²) in [4.78, 5) is 25.4. The van der Waals surface area contributed by atoms with E-state index in [4.69, 9.17) is 16.7 Å². The molecule has 1 heterocycles. The third-order valence-electron chi connectivity index (χ3n) is 3.99. The first-order valence-electron chi connectivity index (χ1n) is 6.70. The maximum atomic E-state index is 12.6. The molecule has 2 atom stereocenters. The minimum atomic E-state index is -0.836. The van der Waals surface area contributed by atoms with Crippen molar-refractivity contribution in [1.82, 2.24) is 4.90 Å². The highest BCUT2D eigenvalue weighted by molar-refractivity contribution is 6.31. The molecule has 2 unspecified atom stereocenters. The zero-order chi connectivity index (χ0) is 14.9. The molecule has 1 amide bonds. The van der Waals surface area contributed by atoms with E-state index in [1.165, 1.54) is 0 Å². The van der Waals surface area contributed by atoms with Crippen LogP contribution in [0, 0.1) is 12.8 Å². The normalized spacial score (nSPS) is 22.6. The molecule has 1 aromatic carbocycles. The van der Waals surface area contributed by atoms with Crippen LogP contribution in [0.4, 0.5) is 0 Å². The van der Waals surface area contributed by atoms with E-state index < -0.39 is 11.9 Å². The molecule has 1 aliphatic heterocycles. The lowest BCUT2D eigenvalue weighted by molar-refractivity contribution is -0.143. The maximum absolute atomic E-state index is 12.6. The van der Waals surface area contributed by atoms with Gasteiger partial charge in [-0.25, -0.2) is 0 Å². The highest BCUT2D eigenvalue weighted by Gasteiger charge is 2.33. The number of hydrogen-bond acceptors (Lipinski definition) is 2. The Morgan fingerprint density at radius 3 is 2.70 bits per heavy atom. The summed E-state index contributed by atoms with van der Waals surface area (Å²) in [6, 6.07) is 5.27. The average Bonchev–Trinajstić information content (AvgIpc) is 2.41. The first-order chi connectivity index (χ1) is 9.41. The van der Waals surface area contributed by atoms with Gasteiger partial charge in [-0.1, -0.05) is 17.7 Å². The number of likely N-dealkylation sites (tertiary alicyclic amines) is 1. The van der Waals surface area contributed by atoms with E-state index in [1.54, 1.807) is 30.0 Å². The molecular formula is C15H18ClNO3. The molecule has 1 fully saturated rings. The quantitative estimate of drug-likeness (QED) is 0.912. The molecule has 108 valence electrons. The lowest BCUT2D eigenvalue weighted by Gasteiger charge is -2.36. The number of carbonyl (C=O) groups excluding carboxylic acids is 1. The van der Waals surface area contributed by atoms with Crippen molar-refractivity contribution in [3.05, 3.63) is 34.3 Å². The van der Waals surface area contributed by atoms with Gasteiger partial charge in [0.05, 0.1) is 5.92 Å². The number of benzene rings is 1. The van der Waals surface area contributed by atoms with Crippen molar-refractivity contribution in [1.29, 1.82) is 0 Å². The van der Waals surface area contributed by atoms with Crippen molar-refractivity contribution in [2.24, 2.45) is 5.92 Å². The Kier molecular flexibility index (Phi) is 4.33. The van der Waals surface area contributed by atoms with E-state index in [9.17, 15) is 9.59 Å². The van der Waals surface area contributed by atoms with Crippen molar-refractivity contribution < 1.29 is 14.7 Å². The summed E-state index contributed by atoms with van der Waals surface area (Å²) in [7, 11) is 0. The molecule has 4 nitrogen and oxygen atoms in total. The highest BCUT2D eigenvalue weighted by Crippen LogP contribution is 2.26. The molecule has 0 spiro atoms. The topological polar surface area (TPSA) is 57.6 Å². The van der Waals surface area contributed by atoms with Crippen molar-refractivity contribution in [3.8, 4) is 0 Å². The number of halogens is 1. The number of piperidine rings is 1. The van der Waals surface area contributed by atoms with Gasteiger partial charge in [0.1, 0.15) is 0 Å². The molecule has 5 heteroatoms. The van der Waals surface area contributed by atoms with E-state index in [1.807, 2.05) is 6.92 Å². The third kappa shape index (κ3) is 2.80. The van der Waals surface area contributed by atoms with Crippen LogP contribution in [0.3, 0.4) is 0 Å². The van der Waals surface area contributed by atoms with E-state index in [-0.39, 0.29) is 18.5 Å². The molecule has 0 aliphatic carbocycles. The van der Waals surface area contributed by atoms with Gasteiger partial charge >= 0.3 is 5.97 Å². The number of carboxylic acids is 1. The molecular weight excluding hydrogens is 278 g/mol. The Hall–Kier alpha value is -1.55. The van der Waals surface area contributed by atoms with Gasteiger partial charge in [0, 0.05) is 23.2 Å². The van der Waals surface area contributed by atoms with Gasteiger partial charge in [-0.15, -0.1) is 0 Å². The van der Waals surface area contributed by atoms with Crippen molar-refractivity contribution in [2.45, 2.75) is 32.7 Å². The van der Waals surface area contributed by atoms with Gasteiger partial charge in [0.15, 0.2) is 0 Å². The molecule has 1 N–H and O–H groups in total. The van der Waals surface area contributed by atoms with Crippen LogP contribution in [-0.4, -0.2) is 34.5 Å². The standard InChI is InChI=1S/C15H18ClNO3/c1-9-6-7-11(15(19)20)8-17(9)14(18)12-4-3-5-13(16)10(12)2/h3-5,9,11H,6-8H2,1-2H3,(H,19,20). The maximum Gasteiger partial charge on any atom is 0.308 e. The summed E-state index contributed by atoms with van der Waals surface area (Å²) < 4.78 is 0. The monoisotopic (exact) mass is 295 g/mol. The molecule has 1 aromatic rings. The van der Waals surface area contributed by atoms with E-state index in [0.29, 0.717) is 23.4 Å². The fourth-order valence-corrected chi connectivity index (χ4v) is 2.76. The van der Waals surface area contributed by atoms with Gasteiger partial charge in [-0.2, -0.15) is 0 Å². The number of amides is 1. The minimum Gasteiger partial charge on any atom is -0.481 e. The number of nitrogens with zero attached hydrogens (tertiary/aromatic N) is 1. The zero-order valence-corrected chi connectivity index (χ0v) is 12.4. The van der Waals surface area contributed by atoms with E-state index in [0.717, 1.165) is 5.56 Å². The Bertz CT molecular complexity index is 544. The second kappa shape index (κ2) is 5.83. The summed E-state index contributed by atoms with van der Waals surface area (Å²) in [5, 5.41) is 9.69. The Labute approximate surface area is 123 Å². The molecule has 0 bridgehead atoms. The third-order valence-corrected chi connectivity index (χ3v) is 4.40. The smallest absolute Gasteiger partial charge is 0.308 e. The van der Waals surface area contributed by atoms with E-state index in [2.05, 4.69) is 0 Å². The van der Waals surface area contributed by atoms with Crippen LogP contribution in [0.15, 0.2) is 18.2 Å². The highest BCUT2D eigenvalue weighted by atomic mass is 35.5. The second-order valence-electron chi connectivity index (χ2n) is 5.33. The number of carboxylic acid groups (broad SMARTS) is 1. The van der Waals surface area contributed by atoms with Gasteiger partial charge in [-0.05, 0) is 44.4 Å². The molecule has 0 aromatic heterocycles. The number of carbonyl (C=O) groups is 2. The van der Waals surface area contributed by atoms with Crippen molar-refractivity contribution in [3.63, 3.8) is 0 Å². The lowest BCUT2D eigenvalue weighted by atomic mass is 9.92. The van der Waals surface area contributed by atoms with Crippen LogP contribution in [0.25, 0.3) is 0 Å². The Morgan fingerprint density at radius 2 is 2.05 bits per heavy atom. The summed E-state index contributed by atoms with van der Waals surface area (Å²) in [5.74, 6) is -1.45.